The molecule has 0 aromatic rings. The van der Waals surface area contributed by atoms with Crippen LogP contribution < -0.4 is 5.32 Å². The summed E-state index contributed by atoms with van der Waals surface area (Å²) in [6.07, 6.45) is 3.07. The first kappa shape index (κ1) is 27.7. The standard InChI is InChI=1S/C21H42N4O6/c1-3-5-13-31-19(17-30-12-4-2)14-22-18-25-10-8-23(15-20(26)27)6-7-24(9-11-25)16-21(28)29/h19,22H,3-18H2,1-2H3,(H,26,27)(H,28,29). The topological polar surface area (TPSA) is 115 Å². The molecule has 0 aromatic carbocycles. The summed E-state index contributed by atoms with van der Waals surface area (Å²) in [5.74, 6) is -1.74. The maximum Gasteiger partial charge on any atom is 0.317 e. The highest BCUT2D eigenvalue weighted by molar-refractivity contribution is 5.69. The van der Waals surface area contributed by atoms with Gasteiger partial charge in [-0.25, -0.2) is 0 Å². The SMILES string of the molecule is CCCCOC(CNCN1CCN(CC(=O)O)CCN(CC(=O)O)CC1)COCCC. The van der Waals surface area contributed by atoms with Crippen molar-refractivity contribution in [2.75, 3.05) is 85.4 Å². The highest BCUT2D eigenvalue weighted by atomic mass is 16.5. The minimum Gasteiger partial charge on any atom is -0.480 e. The van der Waals surface area contributed by atoms with E-state index in [1.54, 1.807) is 0 Å². The number of rotatable bonds is 16. The Morgan fingerprint density at radius 1 is 0.871 bits per heavy atom. The predicted molar refractivity (Wildman–Crippen MR) is 118 cm³/mol. The number of carboxylic acid groups (broad SMARTS) is 2. The number of hydrogen-bond acceptors (Lipinski definition) is 8. The largest absolute Gasteiger partial charge is 0.480 e. The number of aliphatic carboxylic acids is 2. The van der Waals surface area contributed by atoms with Crippen LogP contribution >= 0.6 is 0 Å². The number of hydrogen-bond donors (Lipinski definition) is 3. The van der Waals surface area contributed by atoms with E-state index in [0.717, 1.165) is 45.6 Å². The van der Waals surface area contributed by atoms with Crippen LogP contribution in [0.3, 0.4) is 0 Å². The first-order valence-electron chi connectivity index (χ1n) is 11.4. The third-order valence-electron chi connectivity index (χ3n) is 5.13. The van der Waals surface area contributed by atoms with Crippen molar-refractivity contribution in [2.24, 2.45) is 0 Å². The average molecular weight is 447 g/mol. The molecule has 1 atom stereocenters. The minimum absolute atomic E-state index is 0.0114. The molecular weight excluding hydrogens is 404 g/mol. The molecule has 0 bridgehead atoms. The van der Waals surface area contributed by atoms with Crippen molar-refractivity contribution in [1.82, 2.24) is 20.0 Å². The van der Waals surface area contributed by atoms with Crippen molar-refractivity contribution in [3.05, 3.63) is 0 Å². The van der Waals surface area contributed by atoms with Crippen LogP contribution in [0.15, 0.2) is 0 Å². The van der Waals surface area contributed by atoms with Crippen molar-refractivity contribution in [2.45, 2.75) is 39.2 Å². The summed E-state index contributed by atoms with van der Waals surface area (Å²) in [5.41, 5.74) is 0. The number of carbonyl (C=O) groups is 2. The van der Waals surface area contributed by atoms with E-state index in [0.29, 0.717) is 46.0 Å². The first-order chi connectivity index (χ1) is 14.9. The molecule has 1 aliphatic heterocycles. The molecule has 10 nitrogen and oxygen atoms in total. The van der Waals surface area contributed by atoms with Crippen molar-refractivity contribution < 1.29 is 29.3 Å². The van der Waals surface area contributed by atoms with E-state index >= 15 is 0 Å². The molecule has 1 heterocycles. The normalized spacial score (nSPS) is 18.3. The Morgan fingerprint density at radius 3 is 1.90 bits per heavy atom. The zero-order chi connectivity index (χ0) is 22.9. The summed E-state index contributed by atoms with van der Waals surface area (Å²) in [6, 6.07) is 0. The molecule has 0 amide bonds. The van der Waals surface area contributed by atoms with Gasteiger partial charge in [-0.3, -0.25) is 24.3 Å². The highest BCUT2D eigenvalue weighted by Crippen LogP contribution is 2.02. The molecule has 10 heteroatoms. The monoisotopic (exact) mass is 446 g/mol. The fraction of sp³-hybridized carbons (Fsp3) is 0.905. The Labute approximate surface area is 186 Å². The van der Waals surface area contributed by atoms with Crippen LogP contribution in [0.25, 0.3) is 0 Å². The van der Waals surface area contributed by atoms with Crippen molar-refractivity contribution in [1.29, 1.82) is 0 Å². The van der Waals surface area contributed by atoms with Gasteiger partial charge in [-0.2, -0.15) is 0 Å². The van der Waals surface area contributed by atoms with Crippen LogP contribution in [0.5, 0.6) is 0 Å². The second kappa shape index (κ2) is 17.3. The van der Waals surface area contributed by atoms with E-state index in [4.69, 9.17) is 19.7 Å². The van der Waals surface area contributed by atoms with Gasteiger partial charge in [0, 0.05) is 65.7 Å². The van der Waals surface area contributed by atoms with Gasteiger partial charge in [-0.1, -0.05) is 20.3 Å². The highest BCUT2D eigenvalue weighted by Gasteiger charge is 2.19. The van der Waals surface area contributed by atoms with Crippen molar-refractivity contribution in [3.63, 3.8) is 0 Å². The third-order valence-corrected chi connectivity index (χ3v) is 5.13. The van der Waals surface area contributed by atoms with E-state index in [2.05, 4.69) is 24.1 Å². The Kier molecular flexibility index (Phi) is 15.5. The van der Waals surface area contributed by atoms with Gasteiger partial charge in [-0.15, -0.1) is 0 Å². The number of nitrogens with one attached hydrogen (secondary N) is 1. The molecule has 31 heavy (non-hydrogen) atoms. The molecule has 0 saturated carbocycles. The zero-order valence-electron chi connectivity index (χ0n) is 19.3. The summed E-state index contributed by atoms with van der Waals surface area (Å²) in [6.45, 7) is 11.2. The Balaban J connectivity index is 2.56. The lowest BCUT2D eigenvalue weighted by atomic mass is 10.3. The molecule has 0 aliphatic carbocycles. The second-order valence-electron chi connectivity index (χ2n) is 7.99. The fourth-order valence-electron chi connectivity index (χ4n) is 3.34. The second-order valence-corrected chi connectivity index (χ2v) is 7.99. The molecule has 1 unspecified atom stereocenters. The minimum atomic E-state index is -0.868. The van der Waals surface area contributed by atoms with Crippen LogP contribution in [-0.2, 0) is 19.1 Å². The van der Waals surface area contributed by atoms with Gasteiger partial charge >= 0.3 is 11.9 Å². The molecule has 0 aromatic heterocycles. The molecule has 182 valence electrons. The van der Waals surface area contributed by atoms with Crippen molar-refractivity contribution in [3.8, 4) is 0 Å². The maximum absolute atomic E-state index is 11.2. The summed E-state index contributed by atoms with van der Waals surface area (Å²) < 4.78 is 11.6. The van der Waals surface area contributed by atoms with Crippen molar-refractivity contribution >= 4 is 11.9 Å². The van der Waals surface area contributed by atoms with Crippen LogP contribution in [0, 0.1) is 0 Å². The molecule has 1 aliphatic rings. The molecule has 0 radical (unpaired) electrons. The quantitative estimate of drug-likeness (QED) is 0.285. The van der Waals surface area contributed by atoms with Crippen LogP contribution in [0.2, 0.25) is 0 Å². The van der Waals surface area contributed by atoms with Gasteiger partial charge < -0.3 is 25.0 Å². The van der Waals surface area contributed by atoms with Crippen LogP contribution in [0.4, 0.5) is 0 Å². The van der Waals surface area contributed by atoms with Gasteiger partial charge in [0.2, 0.25) is 0 Å². The lowest BCUT2D eigenvalue weighted by molar-refractivity contribution is -0.140. The molecular formula is C21H42N4O6. The van der Waals surface area contributed by atoms with Gasteiger partial charge in [-0.05, 0) is 12.8 Å². The average Bonchev–Trinajstić information content (AvgIpc) is 2.79. The summed E-state index contributed by atoms with van der Waals surface area (Å²) >= 11 is 0. The molecule has 1 rings (SSSR count). The van der Waals surface area contributed by atoms with Gasteiger partial charge in [0.25, 0.3) is 0 Å². The number of unbranched alkanes of at least 4 members (excludes halogenated alkanes) is 1. The van der Waals surface area contributed by atoms with Gasteiger partial charge in [0.1, 0.15) is 0 Å². The zero-order valence-corrected chi connectivity index (χ0v) is 19.3. The first-order valence-corrected chi connectivity index (χ1v) is 11.4. The van der Waals surface area contributed by atoms with E-state index in [1.807, 2.05) is 9.80 Å². The lowest BCUT2D eigenvalue weighted by Gasteiger charge is -2.26. The molecule has 1 fully saturated rings. The number of ether oxygens (including phenoxy) is 2. The smallest absolute Gasteiger partial charge is 0.317 e. The predicted octanol–water partition coefficient (Wildman–Crippen LogP) is 0.234. The van der Waals surface area contributed by atoms with E-state index < -0.39 is 11.9 Å². The van der Waals surface area contributed by atoms with E-state index in [1.165, 1.54) is 0 Å². The summed E-state index contributed by atoms with van der Waals surface area (Å²) in [5, 5.41) is 21.7. The lowest BCUT2D eigenvalue weighted by Crippen LogP contribution is -2.44. The van der Waals surface area contributed by atoms with Gasteiger partial charge in [0.15, 0.2) is 0 Å². The summed E-state index contributed by atoms with van der Waals surface area (Å²) in [7, 11) is 0. The molecule has 0 spiro atoms. The van der Waals surface area contributed by atoms with Crippen LogP contribution in [-0.4, -0.2) is 128 Å². The molecule has 1 saturated heterocycles. The van der Waals surface area contributed by atoms with Crippen LogP contribution in [0.1, 0.15) is 33.1 Å². The van der Waals surface area contributed by atoms with Gasteiger partial charge in [0.05, 0.1) is 25.8 Å². The molecule has 3 N–H and O–H groups in total. The Morgan fingerprint density at radius 2 is 1.42 bits per heavy atom. The summed E-state index contributed by atoms with van der Waals surface area (Å²) in [4.78, 5) is 28.2. The number of nitrogens with zero attached hydrogens (tertiary/aromatic N) is 3. The third kappa shape index (κ3) is 14.4. The fourth-order valence-corrected chi connectivity index (χ4v) is 3.34. The Hall–Kier alpha value is -1.30. The van der Waals surface area contributed by atoms with E-state index in [-0.39, 0.29) is 19.2 Å². The maximum atomic E-state index is 11.2. The number of carboxylic acids is 2. The Bertz CT molecular complexity index is 458. The van der Waals surface area contributed by atoms with E-state index in [9.17, 15) is 9.59 Å².